The van der Waals surface area contributed by atoms with Crippen LogP contribution in [0.15, 0.2) is 0 Å². The summed E-state index contributed by atoms with van der Waals surface area (Å²) in [4.78, 5) is 14.2. The molecule has 0 radical (unpaired) electrons. The van der Waals surface area contributed by atoms with Gasteiger partial charge >= 0.3 is 0 Å². The molecule has 3 aliphatic rings. The average molecular weight is 301 g/mol. The molecule has 1 saturated heterocycles. The average Bonchev–Trinajstić information content (AvgIpc) is 3.19. The van der Waals surface area contributed by atoms with E-state index < -0.39 is 0 Å². The van der Waals surface area contributed by atoms with Crippen molar-refractivity contribution in [1.29, 1.82) is 0 Å². The van der Waals surface area contributed by atoms with E-state index in [0.29, 0.717) is 11.9 Å². The predicted octanol–water partition coefficient (Wildman–Crippen LogP) is 2.98. The monoisotopic (exact) mass is 300 g/mol. The smallest absolute Gasteiger partial charge is 0.222 e. The maximum absolute atomic E-state index is 12.1. The molecule has 0 aromatic rings. The zero-order chi connectivity index (χ0) is 13.1. The summed E-state index contributed by atoms with van der Waals surface area (Å²) in [5.41, 5.74) is 0. The molecular formula is C16H29ClN2O. The molecule has 1 heterocycles. The molecule has 3 nitrogen and oxygen atoms in total. The van der Waals surface area contributed by atoms with Gasteiger partial charge < -0.3 is 10.2 Å². The van der Waals surface area contributed by atoms with Crippen molar-refractivity contribution in [2.45, 2.75) is 63.8 Å². The standard InChI is InChI=1S/C16H28N2O.ClH/c19-16(7-6-13-2-1-3-13)18-10-8-15(9-11-18)17-12-14-4-5-14;/h13-15,17H,1-12H2;1H. The molecular weight excluding hydrogens is 272 g/mol. The van der Waals surface area contributed by atoms with Crippen molar-refractivity contribution < 1.29 is 4.79 Å². The first-order valence-corrected chi connectivity index (χ1v) is 8.32. The van der Waals surface area contributed by atoms with Gasteiger partial charge in [0.05, 0.1) is 0 Å². The number of nitrogens with one attached hydrogen (secondary N) is 1. The maximum Gasteiger partial charge on any atom is 0.222 e. The number of rotatable bonds is 6. The van der Waals surface area contributed by atoms with Crippen LogP contribution in [0, 0.1) is 11.8 Å². The van der Waals surface area contributed by atoms with Crippen molar-refractivity contribution in [3.8, 4) is 0 Å². The Hall–Kier alpha value is -0.280. The van der Waals surface area contributed by atoms with Crippen LogP contribution in [0.5, 0.6) is 0 Å². The highest BCUT2D eigenvalue weighted by atomic mass is 35.5. The van der Waals surface area contributed by atoms with Gasteiger partial charge in [-0.25, -0.2) is 0 Å². The predicted molar refractivity (Wildman–Crippen MR) is 84.2 cm³/mol. The normalized spacial score (nSPS) is 24.1. The molecule has 20 heavy (non-hydrogen) atoms. The number of likely N-dealkylation sites (tertiary alicyclic amines) is 1. The molecule has 4 heteroatoms. The van der Waals surface area contributed by atoms with Crippen molar-refractivity contribution in [3.63, 3.8) is 0 Å². The Morgan fingerprint density at radius 1 is 1.00 bits per heavy atom. The van der Waals surface area contributed by atoms with Gasteiger partial charge in [0.25, 0.3) is 0 Å². The first kappa shape index (κ1) is 16.1. The molecule has 0 unspecified atom stereocenters. The van der Waals surface area contributed by atoms with Crippen molar-refractivity contribution >= 4 is 18.3 Å². The number of hydrogen-bond donors (Lipinski definition) is 1. The van der Waals surface area contributed by atoms with Crippen LogP contribution in [-0.4, -0.2) is 36.5 Å². The summed E-state index contributed by atoms with van der Waals surface area (Å²) in [5.74, 6) is 2.23. The fraction of sp³-hybridized carbons (Fsp3) is 0.938. The third kappa shape index (κ3) is 4.63. The minimum Gasteiger partial charge on any atom is -0.343 e. The lowest BCUT2D eigenvalue weighted by Gasteiger charge is -2.33. The minimum atomic E-state index is 0. The summed E-state index contributed by atoms with van der Waals surface area (Å²) in [7, 11) is 0. The zero-order valence-electron chi connectivity index (χ0n) is 12.5. The number of piperidine rings is 1. The Balaban J connectivity index is 0.00000147. The molecule has 0 aromatic heterocycles. The van der Waals surface area contributed by atoms with Gasteiger partial charge in [0.1, 0.15) is 0 Å². The van der Waals surface area contributed by atoms with Gasteiger partial charge in [0, 0.05) is 25.6 Å². The fourth-order valence-corrected chi connectivity index (χ4v) is 3.26. The van der Waals surface area contributed by atoms with Gasteiger partial charge in [-0.3, -0.25) is 4.79 Å². The Labute approximate surface area is 129 Å². The molecule has 0 bridgehead atoms. The quantitative estimate of drug-likeness (QED) is 0.818. The van der Waals surface area contributed by atoms with Gasteiger partial charge in [0.15, 0.2) is 0 Å². The Morgan fingerprint density at radius 2 is 1.70 bits per heavy atom. The van der Waals surface area contributed by atoms with Crippen LogP contribution in [0.2, 0.25) is 0 Å². The highest BCUT2D eigenvalue weighted by molar-refractivity contribution is 5.85. The lowest BCUT2D eigenvalue weighted by atomic mass is 9.82. The summed E-state index contributed by atoms with van der Waals surface area (Å²) in [6, 6.07) is 0.663. The third-order valence-corrected chi connectivity index (χ3v) is 5.23. The summed E-state index contributed by atoms with van der Waals surface area (Å²) >= 11 is 0. The van der Waals surface area contributed by atoms with Crippen LogP contribution in [-0.2, 0) is 4.79 Å². The van der Waals surface area contributed by atoms with Crippen molar-refractivity contribution in [2.24, 2.45) is 11.8 Å². The Kier molecular flexibility index (Phi) is 6.16. The van der Waals surface area contributed by atoms with E-state index in [1.54, 1.807) is 0 Å². The first-order valence-electron chi connectivity index (χ1n) is 8.32. The minimum absolute atomic E-state index is 0. The lowest BCUT2D eigenvalue weighted by molar-refractivity contribution is -0.132. The van der Waals surface area contributed by atoms with E-state index in [9.17, 15) is 4.79 Å². The fourth-order valence-electron chi connectivity index (χ4n) is 3.26. The van der Waals surface area contributed by atoms with Gasteiger partial charge in [-0.15, -0.1) is 12.4 Å². The van der Waals surface area contributed by atoms with E-state index in [2.05, 4.69) is 10.2 Å². The second-order valence-electron chi connectivity index (χ2n) is 6.84. The molecule has 0 atom stereocenters. The van der Waals surface area contributed by atoms with Gasteiger partial charge in [-0.1, -0.05) is 19.3 Å². The molecule has 3 fully saturated rings. The van der Waals surface area contributed by atoms with E-state index in [0.717, 1.165) is 50.6 Å². The molecule has 2 saturated carbocycles. The SMILES string of the molecule is Cl.O=C(CCC1CCC1)N1CCC(NCC2CC2)CC1. The van der Waals surface area contributed by atoms with Crippen LogP contribution in [0.3, 0.4) is 0 Å². The second-order valence-corrected chi connectivity index (χ2v) is 6.84. The number of carbonyl (C=O) groups is 1. The van der Waals surface area contributed by atoms with Crippen molar-refractivity contribution in [3.05, 3.63) is 0 Å². The molecule has 0 aromatic carbocycles. The van der Waals surface area contributed by atoms with Crippen LogP contribution in [0.1, 0.15) is 57.8 Å². The Morgan fingerprint density at radius 3 is 2.25 bits per heavy atom. The number of carbonyl (C=O) groups excluding carboxylic acids is 1. The largest absolute Gasteiger partial charge is 0.343 e. The van der Waals surface area contributed by atoms with Gasteiger partial charge in [-0.2, -0.15) is 0 Å². The van der Waals surface area contributed by atoms with E-state index in [1.165, 1.54) is 38.6 Å². The molecule has 116 valence electrons. The number of halogens is 1. The van der Waals surface area contributed by atoms with Crippen LogP contribution in [0.25, 0.3) is 0 Å². The number of amides is 1. The van der Waals surface area contributed by atoms with E-state index >= 15 is 0 Å². The highest BCUT2D eigenvalue weighted by Gasteiger charge is 2.26. The van der Waals surface area contributed by atoms with E-state index in [1.807, 2.05) is 0 Å². The first-order chi connectivity index (χ1) is 9.31. The summed E-state index contributed by atoms with van der Waals surface area (Å²) in [6.45, 7) is 3.16. The number of hydrogen-bond acceptors (Lipinski definition) is 2. The van der Waals surface area contributed by atoms with E-state index in [4.69, 9.17) is 0 Å². The maximum atomic E-state index is 12.1. The highest BCUT2D eigenvalue weighted by Crippen LogP contribution is 2.31. The number of nitrogens with zero attached hydrogens (tertiary/aromatic N) is 1. The Bertz CT molecular complexity index is 308. The molecule has 1 N–H and O–H groups in total. The van der Waals surface area contributed by atoms with Gasteiger partial charge in [0.2, 0.25) is 5.91 Å². The topological polar surface area (TPSA) is 32.3 Å². The summed E-state index contributed by atoms with van der Waals surface area (Å²) in [6.07, 6.45) is 11.2. The molecule has 3 rings (SSSR count). The molecule has 1 aliphatic heterocycles. The molecule has 0 spiro atoms. The molecule has 2 aliphatic carbocycles. The van der Waals surface area contributed by atoms with Gasteiger partial charge in [-0.05, 0) is 50.5 Å². The second kappa shape index (κ2) is 7.65. The zero-order valence-corrected chi connectivity index (χ0v) is 13.3. The van der Waals surface area contributed by atoms with Crippen LogP contribution in [0.4, 0.5) is 0 Å². The third-order valence-electron chi connectivity index (χ3n) is 5.23. The van der Waals surface area contributed by atoms with Crippen LogP contribution < -0.4 is 5.32 Å². The summed E-state index contributed by atoms with van der Waals surface area (Å²) < 4.78 is 0. The van der Waals surface area contributed by atoms with Crippen molar-refractivity contribution in [2.75, 3.05) is 19.6 Å². The van der Waals surface area contributed by atoms with Crippen molar-refractivity contribution in [1.82, 2.24) is 10.2 Å². The summed E-state index contributed by atoms with van der Waals surface area (Å²) in [5, 5.41) is 3.67. The van der Waals surface area contributed by atoms with E-state index in [-0.39, 0.29) is 12.4 Å². The van der Waals surface area contributed by atoms with Crippen LogP contribution >= 0.6 is 12.4 Å². The lowest BCUT2D eigenvalue weighted by Crippen LogP contribution is -2.45. The molecule has 1 amide bonds.